The lowest BCUT2D eigenvalue weighted by atomic mass is 10.4. The molecule has 0 aliphatic heterocycles. The molecule has 3 rings (SSSR count). The van der Waals surface area contributed by atoms with Crippen molar-refractivity contribution in [3.8, 4) is 0 Å². The molecule has 0 aliphatic carbocycles. The fraction of sp³-hybridized carbons (Fsp3) is 0.0769. The summed E-state index contributed by atoms with van der Waals surface area (Å²) in [5.41, 5.74) is 0. The predicted octanol–water partition coefficient (Wildman–Crippen LogP) is 3.18. The molecule has 102 valence electrons. The molecule has 0 unspecified atom stereocenters. The van der Waals surface area contributed by atoms with Gasteiger partial charge in [-0.25, -0.2) is 4.79 Å². The number of carbonyl (C=O) groups excluding carboxylic acids is 1. The van der Waals surface area contributed by atoms with Crippen LogP contribution in [0.4, 0.5) is 0 Å². The molecular weight excluding hydrogens is 298 g/mol. The topological polar surface area (TPSA) is 79.5 Å². The van der Waals surface area contributed by atoms with E-state index in [1.54, 1.807) is 11.3 Å². The minimum Gasteiger partial charge on any atom is -0.475 e. The molecule has 3 aromatic rings. The number of furan rings is 1. The number of amides is 1. The molecule has 7 heteroatoms. The summed E-state index contributed by atoms with van der Waals surface area (Å²) in [4.78, 5) is 23.3. The molecule has 1 amide bonds. The highest BCUT2D eigenvalue weighted by Crippen LogP contribution is 2.29. The quantitative estimate of drug-likeness (QED) is 0.776. The number of hydrogen-bond donors (Lipinski definition) is 2. The molecule has 0 atom stereocenters. The monoisotopic (exact) mass is 307 g/mol. The fourth-order valence-corrected chi connectivity index (χ4v) is 3.75. The summed E-state index contributed by atoms with van der Waals surface area (Å²) in [6, 6.07) is 6.74. The van der Waals surface area contributed by atoms with E-state index in [-0.39, 0.29) is 18.2 Å². The Morgan fingerprint density at radius 1 is 1.25 bits per heavy atom. The summed E-state index contributed by atoms with van der Waals surface area (Å²) in [7, 11) is 0. The third kappa shape index (κ3) is 2.45. The van der Waals surface area contributed by atoms with Crippen LogP contribution in [-0.4, -0.2) is 17.0 Å². The molecule has 0 aliphatic rings. The molecular formula is C13H9NO4S2. The van der Waals surface area contributed by atoms with Crippen molar-refractivity contribution in [2.45, 2.75) is 6.54 Å². The Hall–Kier alpha value is -2.12. The first kappa shape index (κ1) is 12.9. The number of hydrogen-bond acceptors (Lipinski definition) is 5. The zero-order valence-electron chi connectivity index (χ0n) is 10.1. The maximum absolute atomic E-state index is 12.0. The molecule has 0 saturated carbocycles. The van der Waals surface area contributed by atoms with E-state index >= 15 is 0 Å². The molecule has 0 radical (unpaired) electrons. The van der Waals surface area contributed by atoms with Crippen LogP contribution in [0.25, 0.3) is 9.40 Å². The second kappa shape index (κ2) is 5.10. The van der Waals surface area contributed by atoms with E-state index in [0.29, 0.717) is 10.6 Å². The average molecular weight is 307 g/mol. The highest BCUT2D eigenvalue weighted by Gasteiger charge is 2.13. The molecule has 5 nitrogen and oxygen atoms in total. The first-order chi connectivity index (χ1) is 9.63. The molecule has 3 heterocycles. The van der Waals surface area contributed by atoms with Crippen molar-refractivity contribution in [2.24, 2.45) is 0 Å². The molecule has 3 aromatic heterocycles. The van der Waals surface area contributed by atoms with Crippen LogP contribution in [0.2, 0.25) is 0 Å². The van der Waals surface area contributed by atoms with Gasteiger partial charge in [-0.05, 0) is 29.6 Å². The Bertz CT molecular complexity index is 755. The van der Waals surface area contributed by atoms with E-state index in [4.69, 9.17) is 9.52 Å². The highest BCUT2D eigenvalue weighted by molar-refractivity contribution is 7.27. The Morgan fingerprint density at radius 3 is 2.80 bits per heavy atom. The van der Waals surface area contributed by atoms with Gasteiger partial charge in [0.2, 0.25) is 5.76 Å². The van der Waals surface area contributed by atoms with Crippen LogP contribution in [-0.2, 0) is 6.54 Å². The van der Waals surface area contributed by atoms with Crippen LogP contribution >= 0.6 is 22.7 Å². The SMILES string of the molecule is O=C(O)c1ccc(CNC(=O)c2cc3sccc3s2)o1. The maximum atomic E-state index is 12.0. The number of nitrogens with one attached hydrogen (secondary N) is 1. The molecule has 0 aromatic carbocycles. The first-order valence-corrected chi connectivity index (χ1v) is 7.40. The van der Waals surface area contributed by atoms with Gasteiger partial charge in [0.1, 0.15) is 5.76 Å². The lowest BCUT2D eigenvalue weighted by Gasteiger charge is -2.00. The van der Waals surface area contributed by atoms with E-state index < -0.39 is 5.97 Å². The van der Waals surface area contributed by atoms with Crippen LogP contribution < -0.4 is 5.32 Å². The summed E-state index contributed by atoms with van der Waals surface area (Å²) in [6.45, 7) is 0.164. The highest BCUT2D eigenvalue weighted by atomic mass is 32.1. The lowest BCUT2D eigenvalue weighted by molar-refractivity contribution is 0.0660. The van der Waals surface area contributed by atoms with Gasteiger partial charge in [0.05, 0.1) is 11.4 Å². The summed E-state index contributed by atoms with van der Waals surface area (Å²) in [6.07, 6.45) is 0. The number of carboxylic acid groups (broad SMARTS) is 1. The van der Waals surface area contributed by atoms with Crippen molar-refractivity contribution < 1.29 is 19.1 Å². The summed E-state index contributed by atoms with van der Waals surface area (Å²) in [5.74, 6) is -1.03. The van der Waals surface area contributed by atoms with Crippen LogP contribution in [0.15, 0.2) is 34.1 Å². The van der Waals surface area contributed by atoms with Crippen LogP contribution in [0, 0.1) is 0 Å². The van der Waals surface area contributed by atoms with Crippen molar-refractivity contribution in [1.29, 1.82) is 0 Å². The zero-order chi connectivity index (χ0) is 14.1. The van der Waals surface area contributed by atoms with Gasteiger partial charge in [0.25, 0.3) is 5.91 Å². The van der Waals surface area contributed by atoms with Gasteiger partial charge in [-0.15, -0.1) is 22.7 Å². The van der Waals surface area contributed by atoms with Crippen molar-refractivity contribution >= 4 is 43.9 Å². The normalized spacial score (nSPS) is 10.8. The lowest BCUT2D eigenvalue weighted by Crippen LogP contribution is -2.21. The largest absolute Gasteiger partial charge is 0.475 e. The third-order valence-corrected chi connectivity index (χ3v) is 4.75. The number of carboxylic acids is 1. The molecule has 0 bridgehead atoms. The summed E-state index contributed by atoms with van der Waals surface area (Å²) >= 11 is 3.02. The standard InChI is InChI=1S/C13H9NO4S2/c15-12(11-5-10-9(20-11)3-4-19-10)14-6-7-1-2-8(18-7)13(16)17/h1-5H,6H2,(H,14,15)(H,16,17). The average Bonchev–Trinajstić information content (AvgIpc) is 3.10. The van der Waals surface area contributed by atoms with Gasteiger partial charge in [-0.1, -0.05) is 0 Å². The number of aromatic carboxylic acids is 1. The van der Waals surface area contributed by atoms with Gasteiger partial charge in [-0.3, -0.25) is 4.79 Å². The molecule has 0 saturated heterocycles. The van der Waals surface area contributed by atoms with E-state index in [0.717, 1.165) is 9.40 Å². The number of thiophene rings is 2. The fourth-order valence-electron chi connectivity index (χ4n) is 1.72. The van der Waals surface area contributed by atoms with Crippen LogP contribution in [0.5, 0.6) is 0 Å². The van der Waals surface area contributed by atoms with Gasteiger partial charge in [0.15, 0.2) is 0 Å². The van der Waals surface area contributed by atoms with Crippen molar-refractivity contribution in [3.05, 3.63) is 46.0 Å². The van der Waals surface area contributed by atoms with E-state index in [2.05, 4.69) is 5.32 Å². The predicted molar refractivity (Wildman–Crippen MR) is 76.5 cm³/mol. The van der Waals surface area contributed by atoms with E-state index in [1.807, 2.05) is 17.5 Å². The Kier molecular flexibility index (Phi) is 3.29. The third-order valence-electron chi connectivity index (χ3n) is 2.66. The number of fused-ring (bicyclic) bond motifs is 1. The van der Waals surface area contributed by atoms with Gasteiger partial charge in [0, 0.05) is 9.40 Å². The van der Waals surface area contributed by atoms with Crippen molar-refractivity contribution in [3.63, 3.8) is 0 Å². The second-order valence-corrected chi connectivity index (χ2v) is 6.05. The number of rotatable bonds is 4. The Morgan fingerprint density at radius 2 is 2.10 bits per heavy atom. The first-order valence-electron chi connectivity index (χ1n) is 5.71. The van der Waals surface area contributed by atoms with Gasteiger partial charge < -0.3 is 14.8 Å². The minimum atomic E-state index is -1.12. The van der Waals surface area contributed by atoms with Crippen molar-refractivity contribution in [1.82, 2.24) is 5.32 Å². The van der Waals surface area contributed by atoms with Crippen LogP contribution in [0.3, 0.4) is 0 Å². The molecule has 0 fully saturated rings. The molecule has 20 heavy (non-hydrogen) atoms. The smallest absolute Gasteiger partial charge is 0.371 e. The van der Waals surface area contributed by atoms with Crippen LogP contribution in [0.1, 0.15) is 26.0 Å². The zero-order valence-corrected chi connectivity index (χ0v) is 11.7. The molecule has 2 N–H and O–H groups in total. The molecule has 0 spiro atoms. The van der Waals surface area contributed by atoms with E-state index in [1.165, 1.54) is 23.5 Å². The van der Waals surface area contributed by atoms with E-state index in [9.17, 15) is 9.59 Å². The van der Waals surface area contributed by atoms with Gasteiger partial charge in [-0.2, -0.15) is 0 Å². The summed E-state index contributed by atoms with van der Waals surface area (Å²) < 4.78 is 7.24. The van der Waals surface area contributed by atoms with Crippen molar-refractivity contribution in [2.75, 3.05) is 0 Å². The Labute approximate surface area is 121 Å². The minimum absolute atomic E-state index is 0.133. The second-order valence-electron chi connectivity index (χ2n) is 4.01. The van der Waals surface area contributed by atoms with Gasteiger partial charge >= 0.3 is 5.97 Å². The number of carbonyl (C=O) groups is 2. The summed E-state index contributed by atoms with van der Waals surface area (Å²) in [5, 5.41) is 13.4. The Balaban J connectivity index is 1.66. The maximum Gasteiger partial charge on any atom is 0.371 e.